The van der Waals surface area contributed by atoms with Crippen LogP contribution in [-0.4, -0.2) is 34.9 Å². The maximum Gasteiger partial charge on any atom is 0.250 e. The molecule has 0 saturated carbocycles. The first-order valence-electron chi connectivity index (χ1n) is 11.5. The van der Waals surface area contributed by atoms with E-state index in [4.69, 9.17) is 9.47 Å². The highest BCUT2D eigenvalue weighted by Gasteiger charge is 2.31. The summed E-state index contributed by atoms with van der Waals surface area (Å²) >= 11 is 0. The van der Waals surface area contributed by atoms with Crippen LogP contribution in [0.2, 0.25) is 0 Å². The zero-order chi connectivity index (χ0) is 24.2. The number of aromatic nitrogens is 3. The molecule has 3 aromatic carbocycles. The molecule has 1 aromatic heterocycles. The number of amides is 1. The van der Waals surface area contributed by atoms with Crippen molar-refractivity contribution in [3.05, 3.63) is 95.6 Å². The van der Waals surface area contributed by atoms with E-state index in [0.717, 1.165) is 34.6 Å². The first-order chi connectivity index (χ1) is 17.1. The van der Waals surface area contributed by atoms with Crippen molar-refractivity contribution in [2.45, 2.75) is 24.9 Å². The lowest BCUT2D eigenvalue weighted by Gasteiger charge is -2.31. The molecule has 0 radical (unpaired) electrons. The lowest BCUT2D eigenvalue weighted by atomic mass is 9.93. The first-order valence-corrected chi connectivity index (χ1v) is 11.5. The van der Waals surface area contributed by atoms with Crippen molar-refractivity contribution in [3.8, 4) is 11.5 Å². The number of anilines is 2. The molecule has 178 valence electrons. The number of methoxy groups -OCH3 is 2. The third-order valence-corrected chi connectivity index (χ3v) is 6.17. The minimum Gasteiger partial charge on any atom is -0.497 e. The van der Waals surface area contributed by atoms with Crippen molar-refractivity contribution < 1.29 is 14.3 Å². The highest BCUT2D eigenvalue weighted by molar-refractivity contribution is 5.90. The highest BCUT2D eigenvalue weighted by atomic mass is 16.5. The lowest BCUT2D eigenvalue weighted by Crippen LogP contribution is -2.28. The van der Waals surface area contributed by atoms with Gasteiger partial charge in [0.1, 0.15) is 11.5 Å². The second kappa shape index (κ2) is 9.89. The Kier molecular flexibility index (Phi) is 6.34. The van der Waals surface area contributed by atoms with E-state index < -0.39 is 0 Å². The van der Waals surface area contributed by atoms with Gasteiger partial charge >= 0.3 is 0 Å². The van der Waals surface area contributed by atoms with Gasteiger partial charge in [0.2, 0.25) is 11.9 Å². The number of hydrogen-bond acceptors (Lipinski definition) is 6. The van der Waals surface area contributed by atoms with Gasteiger partial charge in [0, 0.05) is 0 Å². The minimum absolute atomic E-state index is 0.0284. The molecule has 0 aliphatic carbocycles. The zero-order valence-electron chi connectivity index (χ0n) is 19.6. The lowest BCUT2D eigenvalue weighted by molar-refractivity contribution is -0.115. The fourth-order valence-corrected chi connectivity index (χ4v) is 4.34. The molecule has 4 aromatic rings. The summed E-state index contributed by atoms with van der Waals surface area (Å²) < 4.78 is 12.3. The molecule has 0 bridgehead atoms. The van der Waals surface area contributed by atoms with E-state index in [1.54, 1.807) is 14.2 Å². The van der Waals surface area contributed by atoms with E-state index in [1.807, 2.05) is 59.3 Å². The number of fused-ring (bicyclic) bond motifs is 1. The van der Waals surface area contributed by atoms with Crippen molar-refractivity contribution in [1.29, 1.82) is 0 Å². The fourth-order valence-electron chi connectivity index (χ4n) is 4.34. The van der Waals surface area contributed by atoms with Crippen molar-refractivity contribution in [2.24, 2.45) is 0 Å². The summed E-state index contributed by atoms with van der Waals surface area (Å²) in [5.74, 6) is 2.28. The summed E-state index contributed by atoms with van der Waals surface area (Å²) in [6.45, 7) is 0. The number of carbonyl (C=O) groups is 1. The summed E-state index contributed by atoms with van der Waals surface area (Å²) in [7, 11) is 3.27. The van der Waals surface area contributed by atoms with Gasteiger partial charge in [-0.15, -0.1) is 5.10 Å². The van der Waals surface area contributed by atoms with Crippen molar-refractivity contribution in [3.63, 3.8) is 0 Å². The Balaban J connectivity index is 1.38. The van der Waals surface area contributed by atoms with E-state index in [-0.39, 0.29) is 30.4 Å². The monoisotopic (exact) mass is 469 g/mol. The van der Waals surface area contributed by atoms with Gasteiger partial charge < -0.3 is 14.8 Å². The molecule has 2 N–H and O–H groups in total. The second-order valence-corrected chi connectivity index (χ2v) is 8.41. The fraction of sp³-hybridized carbons (Fsp3) is 0.222. The average molecular weight is 470 g/mol. The van der Waals surface area contributed by atoms with E-state index in [0.29, 0.717) is 5.95 Å². The molecule has 8 heteroatoms. The predicted octanol–water partition coefficient (Wildman–Crippen LogP) is 4.62. The molecular formula is C27H27N5O3. The predicted molar refractivity (Wildman–Crippen MR) is 134 cm³/mol. The maximum atomic E-state index is 12.7. The van der Waals surface area contributed by atoms with Gasteiger partial charge in [0.15, 0.2) is 0 Å². The van der Waals surface area contributed by atoms with Gasteiger partial charge in [0.25, 0.3) is 5.95 Å². The van der Waals surface area contributed by atoms with Gasteiger partial charge in [0.05, 0.1) is 32.7 Å². The molecule has 1 amide bonds. The Morgan fingerprint density at radius 2 is 1.60 bits per heavy atom. The van der Waals surface area contributed by atoms with E-state index in [1.165, 1.54) is 0 Å². The molecule has 1 aliphatic rings. The van der Waals surface area contributed by atoms with Crippen LogP contribution < -0.4 is 20.1 Å². The van der Waals surface area contributed by atoms with Gasteiger partial charge in [-0.25, -0.2) is 4.68 Å². The van der Waals surface area contributed by atoms with E-state index >= 15 is 0 Å². The molecule has 0 saturated heterocycles. The summed E-state index contributed by atoms with van der Waals surface area (Å²) in [5.41, 5.74) is 3.15. The zero-order valence-corrected chi connectivity index (χ0v) is 19.6. The van der Waals surface area contributed by atoms with Gasteiger partial charge in [-0.3, -0.25) is 10.1 Å². The van der Waals surface area contributed by atoms with Gasteiger partial charge in [-0.2, -0.15) is 4.98 Å². The van der Waals surface area contributed by atoms with E-state index in [2.05, 4.69) is 45.0 Å². The number of rotatable bonds is 7. The quantitative estimate of drug-likeness (QED) is 0.410. The molecule has 8 nitrogen and oxygen atoms in total. The minimum atomic E-state index is -0.180. The van der Waals surface area contributed by atoms with Crippen molar-refractivity contribution >= 4 is 17.8 Å². The normalized spacial score (nSPS) is 16.6. The summed E-state index contributed by atoms with van der Waals surface area (Å²) in [5, 5.41) is 11.0. The SMILES string of the molecule is COc1ccc(CC(=O)Nc2nc3n(n2)[C@@H](c2ccccc2)C[C@@H](c2ccc(OC)cc2)N3)cc1. The summed E-state index contributed by atoms with van der Waals surface area (Å²) in [6, 6.07) is 25.7. The number of carbonyl (C=O) groups excluding carboxylic acids is 1. The number of nitrogens with zero attached hydrogens (tertiary/aromatic N) is 3. The van der Waals surface area contributed by atoms with Crippen LogP contribution in [0, 0.1) is 0 Å². The Labute approximate surface area is 203 Å². The molecular weight excluding hydrogens is 442 g/mol. The Morgan fingerprint density at radius 1 is 0.943 bits per heavy atom. The van der Waals surface area contributed by atoms with Crippen LogP contribution in [0.25, 0.3) is 0 Å². The first kappa shape index (κ1) is 22.5. The summed E-state index contributed by atoms with van der Waals surface area (Å²) in [6.07, 6.45) is 1.00. The molecule has 0 spiro atoms. The Hall–Kier alpha value is -4.33. The van der Waals surface area contributed by atoms with Crippen LogP contribution in [-0.2, 0) is 11.2 Å². The summed E-state index contributed by atoms with van der Waals surface area (Å²) in [4.78, 5) is 17.3. The number of hydrogen-bond donors (Lipinski definition) is 2. The number of ether oxygens (including phenoxy) is 2. The third-order valence-electron chi connectivity index (χ3n) is 6.17. The van der Waals surface area contributed by atoms with Crippen LogP contribution in [0.3, 0.4) is 0 Å². The van der Waals surface area contributed by atoms with Crippen molar-refractivity contribution in [1.82, 2.24) is 14.8 Å². The van der Waals surface area contributed by atoms with Crippen LogP contribution in [0.15, 0.2) is 78.9 Å². The Morgan fingerprint density at radius 3 is 2.26 bits per heavy atom. The molecule has 0 unspecified atom stereocenters. The molecule has 35 heavy (non-hydrogen) atoms. The standard InChI is InChI=1S/C27H27N5O3/c1-34-21-12-8-18(9-13-21)16-25(33)29-26-30-27-28-23(19-10-14-22(35-2)15-11-19)17-24(32(27)31-26)20-6-4-3-5-7-20/h3-15,23-24H,16-17H2,1-2H3,(H2,28,29,30,31,33)/t23-,24+/m0/s1. The smallest absolute Gasteiger partial charge is 0.250 e. The van der Waals surface area contributed by atoms with E-state index in [9.17, 15) is 4.79 Å². The van der Waals surface area contributed by atoms with Gasteiger partial charge in [-0.1, -0.05) is 54.6 Å². The molecule has 2 atom stereocenters. The Bertz CT molecular complexity index is 1290. The van der Waals surface area contributed by atoms with Crippen LogP contribution in [0.4, 0.5) is 11.9 Å². The number of nitrogens with one attached hydrogen (secondary N) is 2. The maximum absolute atomic E-state index is 12.7. The largest absolute Gasteiger partial charge is 0.497 e. The second-order valence-electron chi connectivity index (χ2n) is 8.41. The third kappa shape index (κ3) is 4.96. The van der Waals surface area contributed by atoms with Crippen LogP contribution in [0.1, 0.15) is 35.2 Å². The van der Waals surface area contributed by atoms with Crippen LogP contribution in [0.5, 0.6) is 11.5 Å². The molecule has 2 heterocycles. The number of benzene rings is 3. The topological polar surface area (TPSA) is 90.3 Å². The average Bonchev–Trinajstić information content (AvgIpc) is 3.31. The van der Waals surface area contributed by atoms with Gasteiger partial charge in [-0.05, 0) is 47.4 Å². The van der Waals surface area contributed by atoms with Crippen LogP contribution >= 0.6 is 0 Å². The molecule has 5 rings (SSSR count). The molecule has 0 fully saturated rings. The molecule has 1 aliphatic heterocycles. The van der Waals surface area contributed by atoms with Crippen molar-refractivity contribution in [2.75, 3.05) is 24.9 Å². The highest BCUT2D eigenvalue weighted by Crippen LogP contribution is 2.38.